The van der Waals surface area contributed by atoms with Gasteiger partial charge < -0.3 is 16.2 Å². The van der Waals surface area contributed by atoms with Crippen molar-refractivity contribution < 1.29 is 23.1 Å². The highest BCUT2D eigenvalue weighted by Gasteiger charge is 2.23. The molecular weight excluding hydrogens is 384 g/mol. The van der Waals surface area contributed by atoms with E-state index in [9.17, 15) is 18.0 Å². The monoisotopic (exact) mass is 404 g/mol. The van der Waals surface area contributed by atoms with Crippen molar-refractivity contribution in [2.45, 2.75) is 11.4 Å². The Morgan fingerprint density at radius 2 is 1.82 bits per heavy atom. The molecule has 0 aliphatic carbocycles. The minimum absolute atomic E-state index is 0.0952. The first-order valence-corrected chi connectivity index (χ1v) is 9.98. The van der Waals surface area contributed by atoms with Crippen LogP contribution in [0.15, 0.2) is 53.4 Å². The number of anilines is 1. The highest BCUT2D eigenvalue weighted by atomic mass is 32.2. The van der Waals surface area contributed by atoms with Crippen molar-refractivity contribution in [3.8, 4) is 0 Å². The fourth-order valence-electron chi connectivity index (χ4n) is 2.46. The van der Waals surface area contributed by atoms with Crippen LogP contribution >= 0.6 is 0 Å². The van der Waals surface area contributed by atoms with Gasteiger partial charge in [0.05, 0.1) is 10.6 Å². The molecule has 2 rings (SSSR count). The Bertz CT molecular complexity index is 1010. The number of hydrogen-bond acceptors (Lipinski definition) is 6. The zero-order valence-electron chi connectivity index (χ0n) is 15.0. The van der Waals surface area contributed by atoms with Crippen LogP contribution in [-0.2, 0) is 21.2 Å². The number of sulfone groups is 1. The molecule has 0 saturated carbocycles. The number of carbonyl (C=O) groups excluding carboxylic acids is 1. The second-order valence-corrected chi connectivity index (χ2v) is 7.98. The molecule has 0 atom stereocenters. The average Bonchev–Trinajstić information content (AvgIpc) is 2.63. The molecular formula is C18H20N4O5S. The minimum Gasteiger partial charge on any atom is -0.480 e. The summed E-state index contributed by atoms with van der Waals surface area (Å²) in [4.78, 5) is 23.8. The van der Waals surface area contributed by atoms with Gasteiger partial charge in [-0.3, -0.25) is 19.9 Å². The van der Waals surface area contributed by atoms with Crippen LogP contribution in [0.3, 0.4) is 0 Å². The molecule has 0 radical (unpaired) electrons. The van der Waals surface area contributed by atoms with Crippen LogP contribution in [0.1, 0.15) is 15.9 Å². The zero-order chi connectivity index (χ0) is 20.9. The van der Waals surface area contributed by atoms with E-state index < -0.39 is 34.2 Å². The van der Waals surface area contributed by atoms with Crippen LogP contribution in [-0.4, -0.2) is 49.1 Å². The molecule has 0 bridgehead atoms. The lowest BCUT2D eigenvalue weighted by molar-refractivity contribution is -0.137. The normalized spacial score (nSPS) is 10.9. The lowest BCUT2D eigenvalue weighted by Crippen LogP contribution is -2.44. The van der Waals surface area contributed by atoms with E-state index in [4.69, 9.17) is 16.2 Å². The molecule has 0 aromatic heterocycles. The summed E-state index contributed by atoms with van der Waals surface area (Å²) in [5.41, 5.74) is 6.43. The number of rotatable bonds is 7. The summed E-state index contributed by atoms with van der Waals surface area (Å²) in [7, 11) is -3.70. The predicted molar refractivity (Wildman–Crippen MR) is 104 cm³/mol. The number of nitrogens with zero attached hydrogens (tertiary/aromatic N) is 1. The van der Waals surface area contributed by atoms with E-state index in [1.807, 2.05) is 30.3 Å². The first-order valence-electron chi connectivity index (χ1n) is 8.09. The second-order valence-electron chi connectivity index (χ2n) is 5.99. The third kappa shape index (κ3) is 5.30. The Labute approximate surface area is 162 Å². The molecule has 10 heteroatoms. The molecule has 0 unspecified atom stereocenters. The molecule has 0 heterocycles. The fraction of sp³-hybridized carbons (Fsp3) is 0.167. The number of hydrogen-bond donors (Lipinski definition) is 4. The van der Waals surface area contributed by atoms with Gasteiger partial charge in [-0.2, -0.15) is 0 Å². The van der Waals surface area contributed by atoms with Gasteiger partial charge in [0, 0.05) is 18.4 Å². The topological polar surface area (TPSA) is 154 Å². The summed E-state index contributed by atoms with van der Waals surface area (Å²) in [6, 6.07) is 13.2. The van der Waals surface area contributed by atoms with Crippen molar-refractivity contribution >= 4 is 33.4 Å². The van der Waals surface area contributed by atoms with Crippen LogP contribution in [0.4, 0.5) is 5.69 Å². The molecule has 0 aliphatic rings. The number of carboxylic acid groups (broad SMARTS) is 1. The standard InChI is InChI=1S/C18H20N4O5S/c1-28(26,27)15-9-13(17(25)22(18(19)20)11-16(23)24)7-8-14(15)21-10-12-5-3-2-4-6-12/h2-9,21H,10-11H2,1H3,(H3,19,20)(H,23,24). The van der Waals surface area contributed by atoms with Crippen LogP contribution in [0.2, 0.25) is 0 Å². The number of carboxylic acids is 1. The molecule has 0 fully saturated rings. The molecule has 9 nitrogen and oxygen atoms in total. The van der Waals surface area contributed by atoms with E-state index in [0.29, 0.717) is 17.1 Å². The Balaban J connectivity index is 2.37. The van der Waals surface area contributed by atoms with Crippen LogP contribution < -0.4 is 11.1 Å². The molecule has 28 heavy (non-hydrogen) atoms. The minimum atomic E-state index is -3.70. The lowest BCUT2D eigenvalue weighted by Gasteiger charge is -2.19. The Morgan fingerprint density at radius 3 is 2.36 bits per heavy atom. The Morgan fingerprint density at radius 1 is 1.18 bits per heavy atom. The van der Waals surface area contributed by atoms with E-state index in [0.717, 1.165) is 17.9 Å². The third-order valence-corrected chi connectivity index (χ3v) is 4.92. The Hall–Kier alpha value is -3.40. The summed E-state index contributed by atoms with van der Waals surface area (Å²) in [6.45, 7) is -0.439. The SMILES string of the molecule is CS(=O)(=O)c1cc(C(=O)N(CC(=O)O)C(=N)N)ccc1NCc1ccccc1. The van der Waals surface area contributed by atoms with Crippen molar-refractivity contribution in [1.82, 2.24) is 4.90 Å². The highest BCUT2D eigenvalue weighted by molar-refractivity contribution is 7.90. The van der Waals surface area contributed by atoms with Gasteiger partial charge in [0.15, 0.2) is 15.8 Å². The van der Waals surface area contributed by atoms with E-state index in [-0.39, 0.29) is 10.5 Å². The van der Waals surface area contributed by atoms with E-state index >= 15 is 0 Å². The third-order valence-electron chi connectivity index (χ3n) is 3.78. The van der Waals surface area contributed by atoms with Crippen LogP contribution in [0.25, 0.3) is 0 Å². The smallest absolute Gasteiger partial charge is 0.323 e. The summed E-state index contributed by atoms with van der Waals surface area (Å²) < 4.78 is 24.4. The predicted octanol–water partition coefficient (Wildman–Crippen LogP) is 1.12. The van der Waals surface area contributed by atoms with Gasteiger partial charge in [0.1, 0.15) is 6.54 Å². The van der Waals surface area contributed by atoms with Gasteiger partial charge in [-0.1, -0.05) is 30.3 Å². The van der Waals surface area contributed by atoms with Crippen LogP contribution in [0, 0.1) is 5.41 Å². The highest BCUT2D eigenvalue weighted by Crippen LogP contribution is 2.24. The fourth-order valence-corrected chi connectivity index (χ4v) is 3.34. The number of benzene rings is 2. The van der Waals surface area contributed by atoms with E-state index in [2.05, 4.69) is 5.32 Å². The molecule has 148 valence electrons. The van der Waals surface area contributed by atoms with Crippen molar-refractivity contribution in [3.63, 3.8) is 0 Å². The maximum Gasteiger partial charge on any atom is 0.323 e. The summed E-state index contributed by atoms with van der Waals surface area (Å²) in [5, 5.41) is 19.3. The van der Waals surface area contributed by atoms with Gasteiger partial charge in [0.25, 0.3) is 5.91 Å². The Kier molecular flexibility index (Phi) is 6.37. The maximum atomic E-state index is 12.5. The first-order chi connectivity index (χ1) is 13.1. The first kappa shape index (κ1) is 20.9. The summed E-state index contributed by atoms with van der Waals surface area (Å²) >= 11 is 0. The summed E-state index contributed by atoms with van der Waals surface area (Å²) in [5.74, 6) is -2.98. The number of carbonyl (C=O) groups is 2. The zero-order valence-corrected chi connectivity index (χ0v) is 15.9. The largest absolute Gasteiger partial charge is 0.480 e. The van der Waals surface area contributed by atoms with E-state index in [1.165, 1.54) is 12.1 Å². The van der Waals surface area contributed by atoms with Crippen molar-refractivity contribution in [2.75, 3.05) is 18.1 Å². The number of nitrogens with two attached hydrogens (primary N) is 1. The van der Waals surface area contributed by atoms with Crippen LogP contribution in [0.5, 0.6) is 0 Å². The van der Waals surface area contributed by atoms with E-state index in [1.54, 1.807) is 0 Å². The van der Waals surface area contributed by atoms with Gasteiger partial charge in [-0.05, 0) is 23.8 Å². The lowest BCUT2D eigenvalue weighted by atomic mass is 10.1. The average molecular weight is 404 g/mol. The van der Waals surface area contributed by atoms with Gasteiger partial charge >= 0.3 is 5.97 Å². The molecule has 1 amide bonds. The summed E-state index contributed by atoms with van der Waals surface area (Å²) in [6.07, 6.45) is 1.00. The molecule has 2 aromatic carbocycles. The van der Waals surface area contributed by atoms with Crippen molar-refractivity contribution in [3.05, 3.63) is 59.7 Å². The number of nitrogens with one attached hydrogen (secondary N) is 2. The number of amides is 1. The second kappa shape index (κ2) is 8.53. The van der Waals surface area contributed by atoms with Crippen molar-refractivity contribution in [2.24, 2.45) is 5.73 Å². The molecule has 0 saturated heterocycles. The quantitative estimate of drug-likeness (QED) is 0.398. The van der Waals surface area contributed by atoms with Gasteiger partial charge in [-0.15, -0.1) is 0 Å². The van der Waals surface area contributed by atoms with Gasteiger partial charge in [-0.25, -0.2) is 8.42 Å². The number of aliphatic carboxylic acids is 1. The van der Waals surface area contributed by atoms with Crippen molar-refractivity contribution in [1.29, 1.82) is 5.41 Å². The molecule has 5 N–H and O–H groups in total. The molecule has 0 aliphatic heterocycles. The molecule has 0 spiro atoms. The van der Waals surface area contributed by atoms with Gasteiger partial charge in [0.2, 0.25) is 0 Å². The molecule has 2 aromatic rings. The number of guanidine groups is 1. The maximum absolute atomic E-state index is 12.5.